The largest absolute Gasteiger partial charge is 0.464 e. The minimum absolute atomic E-state index is 0.299. The molecule has 0 aromatic carbocycles. The molecule has 2 unspecified atom stereocenters. The lowest BCUT2D eigenvalue weighted by atomic mass is 10.1. The maximum atomic E-state index is 9.24. The number of nitrogens with one attached hydrogen (secondary N) is 1. The molecule has 0 radical (unpaired) electrons. The molecule has 0 amide bonds. The van der Waals surface area contributed by atoms with Gasteiger partial charge < -0.3 is 14.8 Å². The number of aliphatic hydroxyl groups excluding tert-OH is 1. The van der Waals surface area contributed by atoms with Crippen molar-refractivity contribution in [1.29, 1.82) is 0 Å². The van der Waals surface area contributed by atoms with Gasteiger partial charge in [0.25, 0.3) is 0 Å². The van der Waals surface area contributed by atoms with Gasteiger partial charge in [-0.1, -0.05) is 6.42 Å². The van der Waals surface area contributed by atoms with Crippen molar-refractivity contribution in [2.45, 2.75) is 37.6 Å². The Morgan fingerprint density at radius 3 is 3.00 bits per heavy atom. The van der Waals surface area contributed by atoms with Crippen LogP contribution in [0.3, 0.4) is 0 Å². The minimum atomic E-state index is 0.299. The molecule has 3 nitrogen and oxygen atoms in total. The van der Waals surface area contributed by atoms with E-state index in [-0.39, 0.29) is 0 Å². The zero-order valence-corrected chi connectivity index (χ0v) is 11.1. The minimum Gasteiger partial charge on any atom is -0.464 e. The molecule has 2 atom stereocenters. The first-order chi connectivity index (χ1) is 8.33. The normalized spacial score (nSPS) is 24.4. The van der Waals surface area contributed by atoms with Gasteiger partial charge >= 0.3 is 0 Å². The van der Waals surface area contributed by atoms with Crippen molar-refractivity contribution >= 4 is 11.8 Å². The summed E-state index contributed by atoms with van der Waals surface area (Å²) in [5.41, 5.74) is 0. The Morgan fingerprint density at radius 1 is 1.41 bits per heavy atom. The zero-order chi connectivity index (χ0) is 12.1. The van der Waals surface area contributed by atoms with E-state index in [1.54, 1.807) is 11.8 Å². The van der Waals surface area contributed by atoms with Gasteiger partial charge in [-0.2, -0.15) is 11.8 Å². The fourth-order valence-electron chi connectivity index (χ4n) is 2.49. The lowest BCUT2D eigenvalue weighted by molar-refractivity contribution is 0.203. The van der Waals surface area contributed by atoms with Crippen LogP contribution in [0.1, 0.15) is 30.8 Å². The highest BCUT2D eigenvalue weighted by Gasteiger charge is 2.26. The molecule has 4 heteroatoms. The van der Waals surface area contributed by atoms with Crippen molar-refractivity contribution in [2.75, 3.05) is 12.9 Å². The van der Waals surface area contributed by atoms with Gasteiger partial charge in [0.15, 0.2) is 0 Å². The van der Waals surface area contributed by atoms with Gasteiger partial charge in [0.1, 0.15) is 11.5 Å². The standard InChI is InChI=1S/C13H21NO2S/c1-17-9-12-6-5-11(16-12)7-14-13-4-2-3-10(13)8-15/h5-6,10,13-15H,2-4,7-9H2,1H3. The number of aliphatic hydroxyl groups is 1. The first-order valence-electron chi connectivity index (χ1n) is 6.24. The van der Waals surface area contributed by atoms with Crippen molar-refractivity contribution in [3.63, 3.8) is 0 Å². The molecule has 1 heterocycles. The second-order valence-electron chi connectivity index (χ2n) is 4.66. The number of hydrogen-bond acceptors (Lipinski definition) is 4. The van der Waals surface area contributed by atoms with Gasteiger partial charge in [0.2, 0.25) is 0 Å². The Bertz CT molecular complexity index is 340. The first kappa shape index (κ1) is 13.0. The highest BCUT2D eigenvalue weighted by Crippen LogP contribution is 2.25. The van der Waals surface area contributed by atoms with Crippen LogP contribution in [0.5, 0.6) is 0 Å². The summed E-state index contributed by atoms with van der Waals surface area (Å²) in [5.74, 6) is 3.40. The number of furan rings is 1. The predicted octanol–water partition coefficient (Wildman–Crippen LogP) is 2.39. The van der Waals surface area contributed by atoms with Gasteiger partial charge in [0, 0.05) is 12.6 Å². The van der Waals surface area contributed by atoms with Crippen molar-refractivity contribution in [2.24, 2.45) is 5.92 Å². The van der Waals surface area contributed by atoms with Gasteiger partial charge in [-0.15, -0.1) is 0 Å². The molecule has 0 spiro atoms. The van der Waals surface area contributed by atoms with Gasteiger partial charge in [-0.3, -0.25) is 0 Å². The molecule has 1 aromatic rings. The van der Waals surface area contributed by atoms with Crippen LogP contribution in [0.4, 0.5) is 0 Å². The summed E-state index contributed by atoms with van der Waals surface area (Å²) in [6.45, 7) is 1.07. The van der Waals surface area contributed by atoms with Crippen LogP contribution in [0, 0.1) is 5.92 Å². The van der Waals surface area contributed by atoms with Crippen molar-refractivity contribution in [1.82, 2.24) is 5.32 Å². The Morgan fingerprint density at radius 2 is 2.24 bits per heavy atom. The van der Waals surface area contributed by atoms with E-state index in [4.69, 9.17) is 4.42 Å². The lowest BCUT2D eigenvalue weighted by Gasteiger charge is -2.18. The predicted molar refractivity (Wildman–Crippen MR) is 71.0 cm³/mol. The van der Waals surface area contributed by atoms with Crippen LogP contribution in [0.25, 0.3) is 0 Å². The molecule has 96 valence electrons. The monoisotopic (exact) mass is 255 g/mol. The van der Waals surface area contributed by atoms with Gasteiger partial charge in [-0.25, -0.2) is 0 Å². The quantitative estimate of drug-likeness (QED) is 0.819. The van der Waals surface area contributed by atoms with E-state index in [1.807, 2.05) is 12.1 Å². The van der Waals surface area contributed by atoms with Crippen LogP contribution >= 0.6 is 11.8 Å². The lowest BCUT2D eigenvalue weighted by Crippen LogP contribution is -2.33. The van der Waals surface area contributed by atoms with E-state index in [1.165, 1.54) is 12.8 Å². The number of thioether (sulfide) groups is 1. The van der Waals surface area contributed by atoms with E-state index in [2.05, 4.69) is 11.6 Å². The second-order valence-corrected chi connectivity index (χ2v) is 5.53. The molecule has 2 N–H and O–H groups in total. The summed E-state index contributed by atoms with van der Waals surface area (Å²) in [6.07, 6.45) is 5.61. The van der Waals surface area contributed by atoms with E-state index >= 15 is 0 Å². The zero-order valence-electron chi connectivity index (χ0n) is 10.3. The molecule has 1 aliphatic carbocycles. The topological polar surface area (TPSA) is 45.4 Å². The second kappa shape index (κ2) is 6.47. The maximum absolute atomic E-state index is 9.24. The first-order valence-corrected chi connectivity index (χ1v) is 7.63. The third-order valence-electron chi connectivity index (χ3n) is 3.44. The SMILES string of the molecule is CSCc1ccc(CNC2CCCC2CO)o1. The molecule has 0 aliphatic heterocycles. The highest BCUT2D eigenvalue weighted by molar-refractivity contribution is 7.97. The van der Waals surface area contributed by atoms with E-state index in [9.17, 15) is 5.11 Å². The van der Waals surface area contributed by atoms with Crippen LogP contribution < -0.4 is 5.32 Å². The Kier molecular flexibility index (Phi) is 4.95. The molecular formula is C13H21NO2S. The Labute approximate surface area is 107 Å². The summed E-state index contributed by atoms with van der Waals surface area (Å²) in [7, 11) is 0. The third kappa shape index (κ3) is 3.50. The smallest absolute Gasteiger partial charge is 0.118 e. The molecule has 2 rings (SSSR count). The number of hydrogen-bond donors (Lipinski definition) is 2. The summed E-state index contributed by atoms with van der Waals surface area (Å²) in [5, 5.41) is 12.7. The van der Waals surface area contributed by atoms with Gasteiger partial charge in [0.05, 0.1) is 12.3 Å². The fourth-order valence-corrected chi connectivity index (χ4v) is 2.93. The molecular weight excluding hydrogens is 234 g/mol. The summed E-state index contributed by atoms with van der Waals surface area (Å²) in [4.78, 5) is 0. The van der Waals surface area contributed by atoms with Crippen molar-refractivity contribution < 1.29 is 9.52 Å². The van der Waals surface area contributed by atoms with Crippen LogP contribution in [0.15, 0.2) is 16.5 Å². The maximum Gasteiger partial charge on any atom is 0.118 e. The average Bonchev–Trinajstić information content (AvgIpc) is 2.95. The van der Waals surface area contributed by atoms with E-state index < -0.39 is 0 Å². The molecule has 1 saturated carbocycles. The molecule has 0 saturated heterocycles. The van der Waals surface area contributed by atoms with Crippen molar-refractivity contribution in [3.05, 3.63) is 23.7 Å². The average molecular weight is 255 g/mol. The van der Waals surface area contributed by atoms with Crippen LogP contribution in [-0.4, -0.2) is 24.0 Å². The molecule has 1 fully saturated rings. The van der Waals surface area contributed by atoms with Crippen LogP contribution in [-0.2, 0) is 12.3 Å². The van der Waals surface area contributed by atoms with Crippen molar-refractivity contribution in [3.8, 4) is 0 Å². The molecule has 0 bridgehead atoms. The van der Waals surface area contributed by atoms with E-state index in [0.29, 0.717) is 18.6 Å². The van der Waals surface area contributed by atoms with E-state index in [0.717, 1.165) is 30.2 Å². The molecule has 17 heavy (non-hydrogen) atoms. The summed E-state index contributed by atoms with van der Waals surface area (Å²) < 4.78 is 5.71. The Hall–Kier alpha value is -0.450. The fraction of sp³-hybridized carbons (Fsp3) is 0.692. The Balaban J connectivity index is 1.80. The molecule has 1 aromatic heterocycles. The van der Waals surface area contributed by atoms with Gasteiger partial charge in [-0.05, 0) is 37.1 Å². The summed E-state index contributed by atoms with van der Waals surface area (Å²) >= 11 is 1.77. The highest BCUT2D eigenvalue weighted by atomic mass is 32.2. The third-order valence-corrected chi connectivity index (χ3v) is 4.01. The molecule has 1 aliphatic rings. The van der Waals surface area contributed by atoms with Crippen LogP contribution in [0.2, 0.25) is 0 Å². The summed E-state index contributed by atoms with van der Waals surface area (Å²) in [6, 6.07) is 4.54. The number of rotatable bonds is 6.